The fraction of sp³-hybridized carbons (Fsp3) is 0.211. The summed E-state index contributed by atoms with van der Waals surface area (Å²) in [7, 11) is 0. The van der Waals surface area contributed by atoms with Gasteiger partial charge in [-0.25, -0.2) is 4.98 Å². The Balaban J connectivity index is 1.73. The van der Waals surface area contributed by atoms with Crippen LogP contribution in [-0.2, 0) is 0 Å². The number of nitrogens with zero attached hydrogens (tertiary/aromatic N) is 1. The molecule has 0 amide bonds. The molecule has 2 aromatic carbocycles. The Morgan fingerprint density at radius 3 is 2.71 bits per heavy atom. The van der Waals surface area contributed by atoms with Crippen LogP contribution in [0, 0.1) is 6.07 Å². The first kappa shape index (κ1) is 12.4. The molecule has 2 nitrogen and oxygen atoms in total. The van der Waals surface area contributed by atoms with Crippen molar-refractivity contribution in [2.45, 2.75) is 25.2 Å². The van der Waals surface area contributed by atoms with Crippen molar-refractivity contribution in [3.8, 4) is 22.6 Å². The highest BCUT2D eigenvalue weighted by Gasteiger charge is 2.22. The molecule has 1 aliphatic rings. The predicted molar refractivity (Wildman–Crippen MR) is 84.9 cm³/mol. The first-order chi connectivity index (χ1) is 10.4. The van der Waals surface area contributed by atoms with E-state index in [2.05, 4.69) is 40.3 Å². The maximum atomic E-state index is 4.54. The summed E-state index contributed by atoms with van der Waals surface area (Å²) in [4.78, 5) is 8.00. The average molecular weight is 273 g/mol. The number of aromatic amines is 1. The zero-order valence-corrected chi connectivity index (χ0v) is 11.8. The van der Waals surface area contributed by atoms with Gasteiger partial charge >= 0.3 is 0 Å². The maximum Gasteiger partial charge on any atom is 0.137 e. The zero-order valence-electron chi connectivity index (χ0n) is 11.8. The van der Waals surface area contributed by atoms with E-state index in [1.54, 1.807) is 0 Å². The minimum atomic E-state index is 0.707. The van der Waals surface area contributed by atoms with Crippen molar-refractivity contribution in [2.24, 2.45) is 0 Å². The highest BCUT2D eigenvalue weighted by atomic mass is 14.9. The first-order valence-corrected chi connectivity index (χ1v) is 7.52. The second-order valence-electron chi connectivity index (χ2n) is 5.65. The van der Waals surface area contributed by atoms with E-state index < -0.39 is 0 Å². The van der Waals surface area contributed by atoms with E-state index in [9.17, 15) is 0 Å². The van der Waals surface area contributed by atoms with Gasteiger partial charge < -0.3 is 4.98 Å². The van der Waals surface area contributed by atoms with Gasteiger partial charge in [0.15, 0.2) is 0 Å². The molecule has 0 bridgehead atoms. The molecular weight excluding hydrogens is 256 g/mol. The molecule has 0 atom stereocenters. The lowest BCUT2D eigenvalue weighted by molar-refractivity contribution is 0.420. The van der Waals surface area contributed by atoms with Gasteiger partial charge in [-0.2, -0.15) is 0 Å². The molecule has 1 aromatic heterocycles. The lowest BCUT2D eigenvalue weighted by Gasteiger charge is -2.27. The van der Waals surface area contributed by atoms with Crippen molar-refractivity contribution in [2.75, 3.05) is 0 Å². The molecule has 1 fully saturated rings. The molecule has 1 radical (unpaired) electrons. The molecule has 103 valence electrons. The smallest absolute Gasteiger partial charge is 0.137 e. The van der Waals surface area contributed by atoms with Crippen molar-refractivity contribution in [1.82, 2.24) is 9.97 Å². The van der Waals surface area contributed by atoms with Gasteiger partial charge in [0.1, 0.15) is 5.82 Å². The van der Waals surface area contributed by atoms with Crippen LogP contribution in [0.3, 0.4) is 0 Å². The van der Waals surface area contributed by atoms with Crippen LogP contribution in [0.5, 0.6) is 0 Å². The van der Waals surface area contributed by atoms with Crippen LogP contribution in [0.15, 0.2) is 54.7 Å². The summed E-state index contributed by atoms with van der Waals surface area (Å²) in [5.41, 5.74) is 4.89. The second kappa shape index (κ2) is 5.21. The van der Waals surface area contributed by atoms with Gasteiger partial charge in [0.2, 0.25) is 0 Å². The largest absolute Gasteiger partial charge is 0.338 e. The molecule has 1 heterocycles. The molecule has 0 aliphatic heterocycles. The lowest BCUT2D eigenvalue weighted by atomic mass is 9.78. The highest BCUT2D eigenvalue weighted by Crippen LogP contribution is 2.40. The third-order valence-electron chi connectivity index (χ3n) is 4.36. The fourth-order valence-corrected chi connectivity index (χ4v) is 2.95. The Morgan fingerprint density at radius 2 is 1.95 bits per heavy atom. The van der Waals surface area contributed by atoms with Crippen molar-refractivity contribution in [3.63, 3.8) is 0 Å². The molecular formula is C19H17N2. The minimum Gasteiger partial charge on any atom is -0.338 e. The number of imidazole rings is 1. The topological polar surface area (TPSA) is 28.7 Å². The third kappa shape index (κ3) is 2.27. The molecule has 1 aliphatic carbocycles. The van der Waals surface area contributed by atoms with E-state index in [0.29, 0.717) is 5.92 Å². The standard InChI is InChI=1S/C19H17N2/c1-2-7-15(8-3-1)19-20-13-18(21-19)17-12-5-4-11-16(17)14-9-6-10-14/h1-4,7-8,11-14H,6,9-10H2,(H,20,21). The van der Waals surface area contributed by atoms with Crippen molar-refractivity contribution >= 4 is 0 Å². The van der Waals surface area contributed by atoms with Crippen LogP contribution in [0.25, 0.3) is 22.6 Å². The third-order valence-corrected chi connectivity index (χ3v) is 4.36. The van der Waals surface area contributed by atoms with Crippen LogP contribution in [0.2, 0.25) is 0 Å². The number of nitrogens with one attached hydrogen (secondary N) is 1. The van der Waals surface area contributed by atoms with Crippen LogP contribution < -0.4 is 0 Å². The Morgan fingerprint density at radius 1 is 1.10 bits per heavy atom. The van der Waals surface area contributed by atoms with Gasteiger partial charge in [-0.05, 0) is 36.5 Å². The van der Waals surface area contributed by atoms with Gasteiger partial charge in [0.05, 0.1) is 11.9 Å². The second-order valence-corrected chi connectivity index (χ2v) is 5.65. The Kier molecular flexibility index (Phi) is 3.07. The summed E-state index contributed by atoms with van der Waals surface area (Å²) in [6.45, 7) is 0. The van der Waals surface area contributed by atoms with Crippen LogP contribution in [0.4, 0.5) is 0 Å². The average Bonchev–Trinajstić information content (AvgIpc) is 2.97. The number of hydrogen-bond acceptors (Lipinski definition) is 1. The monoisotopic (exact) mass is 273 g/mol. The molecule has 4 rings (SSSR count). The van der Waals surface area contributed by atoms with Gasteiger partial charge in [0.25, 0.3) is 0 Å². The predicted octanol–water partition coefficient (Wildman–Crippen LogP) is 4.81. The molecule has 1 saturated carbocycles. The van der Waals surface area contributed by atoms with Crippen molar-refractivity contribution in [3.05, 3.63) is 66.4 Å². The zero-order chi connectivity index (χ0) is 14.1. The summed E-state index contributed by atoms with van der Waals surface area (Å²) in [5.74, 6) is 1.63. The normalized spacial score (nSPS) is 14.9. The van der Waals surface area contributed by atoms with Gasteiger partial charge in [-0.1, -0.05) is 48.9 Å². The first-order valence-electron chi connectivity index (χ1n) is 7.52. The van der Waals surface area contributed by atoms with Crippen LogP contribution in [0.1, 0.15) is 30.7 Å². The summed E-state index contributed by atoms with van der Waals surface area (Å²) < 4.78 is 0. The van der Waals surface area contributed by atoms with Crippen LogP contribution in [-0.4, -0.2) is 9.97 Å². The Hall–Kier alpha value is -2.35. The summed E-state index contributed by atoms with van der Waals surface area (Å²) in [5, 5.41) is 0. The van der Waals surface area contributed by atoms with Crippen molar-refractivity contribution < 1.29 is 0 Å². The molecule has 0 saturated heterocycles. The maximum absolute atomic E-state index is 4.54. The number of benzene rings is 2. The summed E-state index contributed by atoms with van der Waals surface area (Å²) >= 11 is 0. The Labute approximate surface area is 124 Å². The number of H-pyrrole nitrogens is 1. The van der Waals surface area contributed by atoms with Gasteiger partial charge in [-0.15, -0.1) is 0 Å². The quantitative estimate of drug-likeness (QED) is 0.728. The lowest BCUT2D eigenvalue weighted by Crippen LogP contribution is -2.09. The molecule has 0 spiro atoms. The van der Waals surface area contributed by atoms with Crippen LogP contribution >= 0.6 is 0 Å². The van der Waals surface area contributed by atoms with E-state index in [1.165, 1.54) is 30.4 Å². The van der Waals surface area contributed by atoms with E-state index in [-0.39, 0.29) is 0 Å². The molecule has 1 N–H and O–H groups in total. The highest BCUT2D eigenvalue weighted by molar-refractivity contribution is 5.67. The van der Waals surface area contributed by atoms with Gasteiger partial charge in [0, 0.05) is 11.1 Å². The fourth-order valence-electron chi connectivity index (χ4n) is 2.95. The number of aromatic nitrogens is 2. The van der Waals surface area contributed by atoms with E-state index >= 15 is 0 Å². The van der Waals surface area contributed by atoms with E-state index in [4.69, 9.17) is 0 Å². The number of hydrogen-bond donors (Lipinski definition) is 1. The molecule has 2 heteroatoms. The molecule has 3 aromatic rings. The molecule has 0 unspecified atom stereocenters. The van der Waals surface area contributed by atoms with Crippen molar-refractivity contribution in [1.29, 1.82) is 0 Å². The Bertz CT molecular complexity index is 739. The number of rotatable bonds is 3. The van der Waals surface area contributed by atoms with E-state index in [1.807, 2.05) is 30.5 Å². The SMILES string of the molecule is [c]1ccc(C2CCC2)c(-c2cnc(-c3ccccc3)[nH]2)c1. The molecule has 21 heavy (non-hydrogen) atoms. The minimum absolute atomic E-state index is 0.707. The summed E-state index contributed by atoms with van der Waals surface area (Å²) in [6, 6.07) is 19.8. The van der Waals surface area contributed by atoms with E-state index in [0.717, 1.165) is 17.1 Å². The summed E-state index contributed by atoms with van der Waals surface area (Å²) in [6.07, 6.45) is 5.89. The van der Waals surface area contributed by atoms with Gasteiger partial charge in [-0.3, -0.25) is 0 Å².